The topological polar surface area (TPSA) is 69.2 Å². The summed E-state index contributed by atoms with van der Waals surface area (Å²) in [5.74, 6) is 3.59. The van der Waals surface area contributed by atoms with Gasteiger partial charge in [0.15, 0.2) is 11.5 Å². The van der Waals surface area contributed by atoms with E-state index in [9.17, 15) is 4.79 Å². The zero-order valence-corrected chi connectivity index (χ0v) is 16.1. The molecule has 2 aromatic carbocycles. The van der Waals surface area contributed by atoms with Crippen molar-refractivity contribution in [1.82, 2.24) is 5.32 Å². The van der Waals surface area contributed by atoms with Crippen molar-refractivity contribution in [3.63, 3.8) is 0 Å². The monoisotopic (exact) mass is 380 g/mol. The lowest BCUT2D eigenvalue weighted by Gasteiger charge is -2.11. The van der Waals surface area contributed by atoms with Crippen molar-refractivity contribution in [3.8, 4) is 23.8 Å². The Morgan fingerprint density at radius 1 is 1.14 bits per heavy atom. The molecule has 1 N–H and O–H groups in total. The van der Waals surface area contributed by atoms with Gasteiger partial charge in [0, 0.05) is 13.0 Å². The van der Waals surface area contributed by atoms with E-state index < -0.39 is 0 Å². The molecule has 0 unspecified atom stereocenters. The van der Waals surface area contributed by atoms with E-state index in [1.54, 1.807) is 19.4 Å². The Kier molecular flexibility index (Phi) is 8.41. The molecule has 0 atom stereocenters. The van der Waals surface area contributed by atoms with Gasteiger partial charge in [-0.15, -0.1) is 6.42 Å². The van der Waals surface area contributed by atoms with Crippen LogP contribution in [0.4, 0.5) is 0 Å². The highest BCUT2D eigenvalue weighted by Crippen LogP contribution is 2.28. The van der Waals surface area contributed by atoms with Crippen molar-refractivity contribution in [2.45, 2.75) is 19.4 Å². The van der Waals surface area contributed by atoms with Crippen LogP contribution in [0.5, 0.6) is 11.5 Å². The first-order valence-electron chi connectivity index (χ1n) is 8.81. The second-order valence-electron chi connectivity index (χ2n) is 5.91. The largest absolute Gasteiger partial charge is 0.493 e. The minimum atomic E-state index is -0.0170. The molecule has 2 aromatic rings. The number of oxime groups is 1. The lowest BCUT2D eigenvalue weighted by molar-refractivity contribution is -0.121. The molecule has 1 amide bonds. The van der Waals surface area contributed by atoms with Crippen molar-refractivity contribution < 1.29 is 19.1 Å². The van der Waals surface area contributed by atoms with Crippen LogP contribution in [0.3, 0.4) is 0 Å². The second-order valence-corrected chi connectivity index (χ2v) is 5.91. The first-order chi connectivity index (χ1) is 13.7. The first-order valence-corrected chi connectivity index (χ1v) is 8.81. The van der Waals surface area contributed by atoms with E-state index in [0.717, 1.165) is 16.7 Å². The maximum absolute atomic E-state index is 12.1. The molecule has 0 aliphatic rings. The van der Waals surface area contributed by atoms with Crippen LogP contribution in [0.2, 0.25) is 0 Å². The predicted octanol–water partition coefficient (Wildman–Crippen LogP) is 2.94. The average molecular weight is 380 g/mol. The van der Waals surface area contributed by atoms with Crippen molar-refractivity contribution >= 4 is 12.1 Å². The van der Waals surface area contributed by atoms with E-state index in [1.165, 1.54) is 7.11 Å². The summed E-state index contributed by atoms with van der Waals surface area (Å²) < 4.78 is 10.7. The van der Waals surface area contributed by atoms with E-state index in [0.29, 0.717) is 30.9 Å². The number of carbonyl (C=O) groups excluding carboxylic acids is 1. The maximum Gasteiger partial charge on any atom is 0.220 e. The molecule has 0 saturated carbocycles. The normalized spacial score (nSPS) is 10.3. The van der Waals surface area contributed by atoms with Crippen LogP contribution < -0.4 is 14.8 Å². The number of ether oxygens (including phenoxy) is 2. The summed E-state index contributed by atoms with van der Waals surface area (Å²) >= 11 is 0. The molecule has 0 fully saturated rings. The molecule has 28 heavy (non-hydrogen) atoms. The van der Waals surface area contributed by atoms with Crippen LogP contribution in [0.25, 0.3) is 0 Å². The van der Waals surface area contributed by atoms with Crippen molar-refractivity contribution in [3.05, 3.63) is 59.2 Å². The zero-order chi connectivity index (χ0) is 20.2. The molecule has 0 aromatic heterocycles. The van der Waals surface area contributed by atoms with Gasteiger partial charge in [-0.1, -0.05) is 41.4 Å². The number of hydrogen-bond acceptors (Lipinski definition) is 5. The molecule has 0 aliphatic carbocycles. The van der Waals surface area contributed by atoms with Gasteiger partial charge in [-0.25, -0.2) is 0 Å². The summed E-state index contributed by atoms with van der Waals surface area (Å²) in [5.41, 5.74) is 2.93. The fourth-order valence-corrected chi connectivity index (χ4v) is 2.49. The van der Waals surface area contributed by atoms with Gasteiger partial charge in [0.05, 0.1) is 13.3 Å². The maximum atomic E-state index is 12.1. The lowest BCUT2D eigenvalue weighted by Crippen LogP contribution is -2.23. The van der Waals surface area contributed by atoms with Gasteiger partial charge in [0.1, 0.15) is 13.7 Å². The van der Waals surface area contributed by atoms with Gasteiger partial charge in [0.25, 0.3) is 0 Å². The number of terminal acetylenes is 1. The highest BCUT2D eigenvalue weighted by Gasteiger charge is 2.08. The molecule has 146 valence electrons. The summed E-state index contributed by atoms with van der Waals surface area (Å²) in [6, 6.07) is 13.3. The second kappa shape index (κ2) is 11.3. The van der Waals surface area contributed by atoms with E-state index >= 15 is 0 Å². The SMILES string of the molecule is C#CCOc1ccc(CCC(=O)NCc2ccc(/C=N/OC)cc2)cc1OC. The van der Waals surface area contributed by atoms with E-state index in [4.69, 9.17) is 15.9 Å². The van der Waals surface area contributed by atoms with Crippen LogP contribution in [-0.4, -0.2) is 32.9 Å². The first kappa shape index (κ1) is 20.8. The summed E-state index contributed by atoms with van der Waals surface area (Å²) in [6.07, 6.45) is 7.81. The Morgan fingerprint density at radius 2 is 1.89 bits per heavy atom. The molecule has 0 aliphatic heterocycles. The minimum absolute atomic E-state index is 0.0170. The molecular formula is C22H24N2O4. The van der Waals surface area contributed by atoms with Crippen LogP contribution in [0.1, 0.15) is 23.1 Å². The van der Waals surface area contributed by atoms with Crippen molar-refractivity contribution in [1.29, 1.82) is 0 Å². The molecule has 6 heteroatoms. The van der Waals surface area contributed by atoms with Gasteiger partial charge in [0.2, 0.25) is 5.91 Å². The van der Waals surface area contributed by atoms with E-state index in [-0.39, 0.29) is 12.5 Å². The molecular weight excluding hydrogens is 356 g/mol. The number of carbonyl (C=O) groups is 1. The quantitative estimate of drug-likeness (QED) is 0.391. The smallest absolute Gasteiger partial charge is 0.220 e. The van der Waals surface area contributed by atoms with Crippen LogP contribution in [-0.2, 0) is 22.6 Å². The highest BCUT2D eigenvalue weighted by atomic mass is 16.6. The Labute approximate surface area is 165 Å². The Balaban J connectivity index is 1.82. The molecule has 0 spiro atoms. The van der Waals surface area contributed by atoms with Crippen LogP contribution in [0.15, 0.2) is 47.6 Å². The Morgan fingerprint density at radius 3 is 2.57 bits per heavy atom. The number of methoxy groups -OCH3 is 1. The number of rotatable bonds is 10. The van der Waals surface area contributed by atoms with E-state index in [2.05, 4.69) is 21.2 Å². The number of benzene rings is 2. The molecule has 0 saturated heterocycles. The zero-order valence-electron chi connectivity index (χ0n) is 16.1. The molecule has 0 heterocycles. The summed E-state index contributed by atoms with van der Waals surface area (Å²) in [6.45, 7) is 0.654. The molecule has 0 bridgehead atoms. The summed E-state index contributed by atoms with van der Waals surface area (Å²) in [5, 5.41) is 6.64. The number of nitrogens with zero attached hydrogens (tertiary/aromatic N) is 1. The van der Waals surface area contributed by atoms with Crippen LogP contribution in [0, 0.1) is 12.3 Å². The number of aryl methyl sites for hydroxylation is 1. The van der Waals surface area contributed by atoms with E-state index in [1.807, 2.05) is 36.4 Å². The van der Waals surface area contributed by atoms with Crippen LogP contribution >= 0.6 is 0 Å². The summed E-state index contributed by atoms with van der Waals surface area (Å²) in [7, 11) is 3.07. The van der Waals surface area contributed by atoms with Gasteiger partial charge >= 0.3 is 0 Å². The Bertz CT molecular complexity index is 839. The molecule has 6 nitrogen and oxygen atoms in total. The van der Waals surface area contributed by atoms with Gasteiger partial charge in [-0.05, 0) is 35.2 Å². The molecule has 2 rings (SSSR count). The number of hydrogen-bond donors (Lipinski definition) is 1. The third-order valence-corrected chi connectivity index (χ3v) is 3.96. The van der Waals surface area contributed by atoms with Gasteiger partial charge in [-0.3, -0.25) is 4.79 Å². The standard InChI is InChI=1S/C22H24N2O4/c1-4-13-28-20-11-9-17(14-21(20)26-2)10-12-22(25)23-15-18-5-7-19(8-6-18)16-24-27-3/h1,5-9,11,14,16H,10,12-13,15H2,2-3H3,(H,23,25)/b24-16+. The Hall–Kier alpha value is -3.46. The number of amides is 1. The third-order valence-electron chi connectivity index (χ3n) is 3.96. The summed E-state index contributed by atoms with van der Waals surface area (Å²) in [4.78, 5) is 16.8. The fourth-order valence-electron chi connectivity index (χ4n) is 2.49. The highest BCUT2D eigenvalue weighted by molar-refractivity contribution is 5.79. The number of nitrogens with one attached hydrogen (secondary N) is 1. The van der Waals surface area contributed by atoms with Crippen molar-refractivity contribution in [2.75, 3.05) is 20.8 Å². The minimum Gasteiger partial charge on any atom is -0.493 e. The van der Waals surface area contributed by atoms with Gasteiger partial charge in [-0.2, -0.15) is 0 Å². The fraction of sp³-hybridized carbons (Fsp3) is 0.273. The molecule has 0 radical (unpaired) electrons. The average Bonchev–Trinajstić information content (AvgIpc) is 2.74. The predicted molar refractivity (Wildman–Crippen MR) is 109 cm³/mol. The lowest BCUT2D eigenvalue weighted by atomic mass is 10.1. The van der Waals surface area contributed by atoms with Crippen molar-refractivity contribution in [2.24, 2.45) is 5.16 Å². The van der Waals surface area contributed by atoms with Gasteiger partial charge < -0.3 is 19.6 Å². The third kappa shape index (κ3) is 6.69.